The third-order valence-electron chi connectivity index (χ3n) is 3.49. The lowest BCUT2D eigenvalue weighted by atomic mass is 9.90. The Balaban J connectivity index is 2.94. The van der Waals surface area contributed by atoms with Crippen LogP contribution in [-0.2, 0) is 14.3 Å². The lowest BCUT2D eigenvalue weighted by molar-refractivity contribution is -0.133. The standard InChI is InChI=1S/C14H23NO5/c1-4-9(5-2)20-13-7-11(15-8(3)16)12(17)6-10(13)14(18)19/h9,11-12,17H,4-7H2,1-3H3,(H,15,16)(H,18,19). The molecule has 6 heteroatoms. The lowest BCUT2D eigenvalue weighted by Crippen LogP contribution is -2.46. The minimum atomic E-state index is -1.08. The van der Waals surface area contributed by atoms with Crippen molar-refractivity contribution in [3.05, 3.63) is 11.3 Å². The lowest BCUT2D eigenvalue weighted by Gasteiger charge is -2.32. The molecule has 0 saturated carbocycles. The highest BCUT2D eigenvalue weighted by Crippen LogP contribution is 2.28. The minimum absolute atomic E-state index is 0.0181. The van der Waals surface area contributed by atoms with Crippen LogP contribution >= 0.6 is 0 Å². The van der Waals surface area contributed by atoms with Gasteiger partial charge in [0.25, 0.3) is 0 Å². The molecule has 2 atom stereocenters. The highest BCUT2D eigenvalue weighted by atomic mass is 16.5. The first-order valence-electron chi connectivity index (χ1n) is 6.96. The van der Waals surface area contributed by atoms with Gasteiger partial charge in [0.05, 0.1) is 23.8 Å². The Hall–Kier alpha value is -1.56. The van der Waals surface area contributed by atoms with Crippen LogP contribution in [0.5, 0.6) is 0 Å². The maximum atomic E-state index is 11.3. The number of ether oxygens (including phenoxy) is 1. The van der Waals surface area contributed by atoms with E-state index in [1.807, 2.05) is 13.8 Å². The van der Waals surface area contributed by atoms with Crippen LogP contribution in [0.15, 0.2) is 11.3 Å². The van der Waals surface area contributed by atoms with Crippen LogP contribution in [0.2, 0.25) is 0 Å². The number of amides is 1. The van der Waals surface area contributed by atoms with Crippen molar-refractivity contribution in [1.29, 1.82) is 0 Å². The number of carboxylic acid groups (broad SMARTS) is 1. The molecule has 1 amide bonds. The van der Waals surface area contributed by atoms with Gasteiger partial charge in [0.15, 0.2) is 0 Å². The SMILES string of the molecule is CCC(CC)OC1=C(C(=O)O)CC(O)C(NC(C)=O)C1. The molecule has 0 spiro atoms. The number of aliphatic hydroxyl groups excluding tert-OH is 1. The number of aliphatic hydroxyl groups is 1. The second-order valence-electron chi connectivity index (χ2n) is 5.05. The van der Waals surface area contributed by atoms with E-state index in [0.29, 0.717) is 5.76 Å². The number of carbonyl (C=O) groups is 2. The summed E-state index contributed by atoms with van der Waals surface area (Å²) in [5.41, 5.74) is 0.103. The molecular weight excluding hydrogens is 262 g/mol. The van der Waals surface area contributed by atoms with Gasteiger partial charge >= 0.3 is 5.97 Å². The maximum absolute atomic E-state index is 11.3. The summed E-state index contributed by atoms with van der Waals surface area (Å²) < 4.78 is 5.76. The predicted octanol–water partition coefficient (Wildman–Crippen LogP) is 1.19. The van der Waals surface area contributed by atoms with E-state index in [1.165, 1.54) is 6.92 Å². The zero-order valence-electron chi connectivity index (χ0n) is 12.2. The highest BCUT2D eigenvalue weighted by molar-refractivity contribution is 5.87. The molecule has 0 aromatic rings. The Morgan fingerprint density at radius 3 is 2.40 bits per heavy atom. The number of hydrogen-bond acceptors (Lipinski definition) is 4. The van der Waals surface area contributed by atoms with Crippen molar-refractivity contribution in [2.24, 2.45) is 0 Å². The molecule has 0 bridgehead atoms. The fourth-order valence-electron chi connectivity index (χ4n) is 2.31. The summed E-state index contributed by atoms with van der Waals surface area (Å²) in [5, 5.41) is 21.8. The third-order valence-corrected chi connectivity index (χ3v) is 3.49. The van der Waals surface area contributed by atoms with E-state index in [4.69, 9.17) is 4.74 Å². The Bertz CT molecular complexity index is 400. The largest absolute Gasteiger partial charge is 0.494 e. The molecule has 20 heavy (non-hydrogen) atoms. The number of hydrogen-bond donors (Lipinski definition) is 3. The summed E-state index contributed by atoms with van der Waals surface area (Å²) in [6.45, 7) is 5.31. The van der Waals surface area contributed by atoms with Crippen molar-refractivity contribution >= 4 is 11.9 Å². The number of carboxylic acids is 1. The summed E-state index contributed by atoms with van der Waals surface area (Å²) in [5.74, 6) is -0.962. The Labute approximate surface area is 118 Å². The first-order valence-corrected chi connectivity index (χ1v) is 6.96. The predicted molar refractivity (Wildman–Crippen MR) is 73.0 cm³/mol. The van der Waals surface area contributed by atoms with Crippen LogP contribution < -0.4 is 5.32 Å². The van der Waals surface area contributed by atoms with Gasteiger partial charge in [-0.05, 0) is 12.8 Å². The number of nitrogens with one attached hydrogen (secondary N) is 1. The number of rotatable bonds is 6. The van der Waals surface area contributed by atoms with Crippen LogP contribution in [-0.4, -0.2) is 40.3 Å². The molecule has 0 aliphatic heterocycles. The molecule has 1 rings (SSSR count). The fraction of sp³-hybridized carbons (Fsp3) is 0.714. The molecule has 0 saturated heterocycles. The summed E-state index contributed by atoms with van der Waals surface area (Å²) in [4.78, 5) is 22.4. The quantitative estimate of drug-likeness (QED) is 0.681. The van der Waals surface area contributed by atoms with Crippen LogP contribution in [0, 0.1) is 0 Å². The van der Waals surface area contributed by atoms with E-state index in [0.717, 1.165) is 12.8 Å². The van der Waals surface area contributed by atoms with E-state index in [1.54, 1.807) is 0 Å². The van der Waals surface area contributed by atoms with Gasteiger partial charge < -0.3 is 20.3 Å². The molecule has 3 N–H and O–H groups in total. The van der Waals surface area contributed by atoms with E-state index in [9.17, 15) is 19.8 Å². The molecule has 0 aromatic carbocycles. The van der Waals surface area contributed by atoms with Gasteiger partial charge in [0, 0.05) is 19.8 Å². The smallest absolute Gasteiger partial charge is 0.335 e. The summed E-state index contributed by atoms with van der Waals surface area (Å²) >= 11 is 0. The van der Waals surface area contributed by atoms with E-state index in [2.05, 4.69) is 5.32 Å². The number of carbonyl (C=O) groups excluding carboxylic acids is 1. The number of aliphatic carboxylic acids is 1. The molecule has 6 nitrogen and oxygen atoms in total. The average molecular weight is 285 g/mol. The van der Waals surface area contributed by atoms with Crippen molar-refractivity contribution in [2.75, 3.05) is 0 Å². The molecule has 0 heterocycles. The molecule has 0 aromatic heterocycles. The van der Waals surface area contributed by atoms with Gasteiger partial charge in [-0.2, -0.15) is 0 Å². The zero-order valence-corrected chi connectivity index (χ0v) is 12.2. The maximum Gasteiger partial charge on any atom is 0.335 e. The second-order valence-corrected chi connectivity index (χ2v) is 5.05. The van der Waals surface area contributed by atoms with Crippen molar-refractivity contribution in [3.63, 3.8) is 0 Å². The molecule has 2 unspecified atom stereocenters. The third kappa shape index (κ3) is 4.23. The summed E-state index contributed by atoms with van der Waals surface area (Å²) in [6.07, 6.45) is 0.793. The monoisotopic (exact) mass is 285 g/mol. The molecule has 114 valence electrons. The summed E-state index contributed by atoms with van der Waals surface area (Å²) in [7, 11) is 0. The van der Waals surface area contributed by atoms with Crippen molar-refractivity contribution < 1.29 is 24.5 Å². The first-order chi connectivity index (χ1) is 9.38. The molecule has 1 aliphatic carbocycles. The molecular formula is C14H23NO5. The first kappa shape index (κ1) is 16.5. The Morgan fingerprint density at radius 2 is 1.95 bits per heavy atom. The van der Waals surface area contributed by atoms with Gasteiger partial charge in [0.2, 0.25) is 5.91 Å². The van der Waals surface area contributed by atoms with Gasteiger partial charge in [-0.3, -0.25) is 4.79 Å². The van der Waals surface area contributed by atoms with Crippen LogP contribution in [0.1, 0.15) is 46.5 Å². The van der Waals surface area contributed by atoms with Gasteiger partial charge in [0.1, 0.15) is 5.76 Å². The normalized spacial score (nSPS) is 22.9. The molecule has 0 radical (unpaired) electrons. The van der Waals surface area contributed by atoms with E-state index in [-0.39, 0.29) is 30.4 Å². The minimum Gasteiger partial charge on any atom is -0.494 e. The zero-order chi connectivity index (χ0) is 15.3. The van der Waals surface area contributed by atoms with Crippen molar-refractivity contribution in [1.82, 2.24) is 5.32 Å². The second kappa shape index (κ2) is 7.28. The average Bonchev–Trinajstić information content (AvgIpc) is 2.38. The topological polar surface area (TPSA) is 95.9 Å². The van der Waals surface area contributed by atoms with E-state index >= 15 is 0 Å². The van der Waals surface area contributed by atoms with Crippen LogP contribution in [0.4, 0.5) is 0 Å². The van der Waals surface area contributed by atoms with Gasteiger partial charge in [-0.25, -0.2) is 4.79 Å². The van der Waals surface area contributed by atoms with Gasteiger partial charge in [-0.1, -0.05) is 13.8 Å². The van der Waals surface area contributed by atoms with Crippen LogP contribution in [0.3, 0.4) is 0 Å². The molecule has 1 aliphatic rings. The summed E-state index contributed by atoms with van der Waals surface area (Å²) in [6, 6.07) is -0.500. The van der Waals surface area contributed by atoms with Crippen molar-refractivity contribution in [2.45, 2.75) is 64.7 Å². The Kier molecular flexibility index (Phi) is 6.01. The highest BCUT2D eigenvalue weighted by Gasteiger charge is 2.34. The van der Waals surface area contributed by atoms with Crippen molar-refractivity contribution in [3.8, 4) is 0 Å². The van der Waals surface area contributed by atoms with E-state index < -0.39 is 18.1 Å². The van der Waals surface area contributed by atoms with Crippen LogP contribution in [0.25, 0.3) is 0 Å². The van der Waals surface area contributed by atoms with Gasteiger partial charge in [-0.15, -0.1) is 0 Å². The fourth-order valence-corrected chi connectivity index (χ4v) is 2.31. The molecule has 0 fully saturated rings. The Morgan fingerprint density at radius 1 is 1.35 bits per heavy atom.